The number of carbonyl (C=O) groups excluding carboxylic acids is 1. The zero-order chi connectivity index (χ0) is 18.2. The van der Waals surface area contributed by atoms with Gasteiger partial charge in [-0.3, -0.25) is 9.59 Å². The van der Waals surface area contributed by atoms with Gasteiger partial charge in [0.1, 0.15) is 0 Å². The third-order valence-electron chi connectivity index (χ3n) is 5.10. The molecule has 2 fully saturated rings. The van der Waals surface area contributed by atoms with Crippen molar-refractivity contribution in [1.82, 2.24) is 4.31 Å². The standard InChI is InChI=1S/C17H21NO6S/c1-24-16(21)17(8-9-17)13-4-6-14(7-5-13)25(22,23)18-10-2-3-12(11-18)15(19)20/h4-7,12H,2-3,8-11H2,1H3,(H,19,20). The molecule has 0 spiro atoms. The average molecular weight is 367 g/mol. The molecule has 7 nitrogen and oxygen atoms in total. The predicted octanol–water partition coefficient (Wildman–Crippen LogP) is 1.38. The van der Waals surface area contributed by atoms with Crippen LogP contribution in [0, 0.1) is 5.92 Å². The van der Waals surface area contributed by atoms with Crippen molar-refractivity contribution in [2.45, 2.75) is 36.0 Å². The topological polar surface area (TPSA) is 101 Å². The maximum absolute atomic E-state index is 12.8. The van der Waals surface area contributed by atoms with Gasteiger partial charge in [0.05, 0.1) is 23.3 Å². The van der Waals surface area contributed by atoms with Crippen LogP contribution in [-0.2, 0) is 29.8 Å². The minimum Gasteiger partial charge on any atom is -0.481 e. The van der Waals surface area contributed by atoms with E-state index in [-0.39, 0.29) is 17.4 Å². The normalized spacial score (nSPS) is 23.0. The summed E-state index contributed by atoms with van der Waals surface area (Å²) in [5, 5.41) is 9.14. The fraction of sp³-hybridized carbons (Fsp3) is 0.529. The lowest BCUT2D eigenvalue weighted by molar-refractivity contribution is -0.144. The molecule has 1 aromatic rings. The third kappa shape index (κ3) is 3.16. The fourth-order valence-corrected chi connectivity index (χ4v) is 4.91. The Kier molecular flexibility index (Phi) is 4.59. The molecule has 2 aliphatic rings. The highest BCUT2D eigenvalue weighted by Crippen LogP contribution is 2.49. The van der Waals surface area contributed by atoms with Gasteiger partial charge >= 0.3 is 11.9 Å². The van der Waals surface area contributed by atoms with E-state index in [0.717, 1.165) is 5.56 Å². The van der Waals surface area contributed by atoms with Crippen LogP contribution < -0.4 is 0 Å². The van der Waals surface area contributed by atoms with Crippen LogP contribution in [-0.4, -0.2) is 50.0 Å². The number of esters is 1. The number of carboxylic acids is 1. The third-order valence-corrected chi connectivity index (χ3v) is 6.98. The monoisotopic (exact) mass is 367 g/mol. The molecule has 1 N–H and O–H groups in total. The molecule has 1 saturated carbocycles. The fourth-order valence-electron chi connectivity index (χ4n) is 3.39. The summed E-state index contributed by atoms with van der Waals surface area (Å²) < 4.78 is 31.6. The molecule has 1 saturated heterocycles. The molecular formula is C17H21NO6S. The van der Waals surface area contributed by atoms with Gasteiger partial charge in [0, 0.05) is 13.1 Å². The van der Waals surface area contributed by atoms with Gasteiger partial charge in [-0.1, -0.05) is 12.1 Å². The Bertz CT molecular complexity index is 782. The number of ether oxygens (including phenoxy) is 1. The number of carbonyl (C=O) groups is 2. The second kappa shape index (κ2) is 6.42. The lowest BCUT2D eigenvalue weighted by Crippen LogP contribution is -2.42. The molecule has 8 heteroatoms. The molecule has 1 unspecified atom stereocenters. The SMILES string of the molecule is COC(=O)C1(c2ccc(S(=O)(=O)N3CCCC(C(=O)O)C3)cc2)CC1. The Balaban J connectivity index is 1.82. The molecule has 1 aliphatic heterocycles. The molecule has 3 rings (SSSR count). The van der Waals surface area contributed by atoms with E-state index >= 15 is 0 Å². The van der Waals surface area contributed by atoms with Gasteiger partial charge in [-0.15, -0.1) is 0 Å². The number of piperidine rings is 1. The number of methoxy groups -OCH3 is 1. The van der Waals surface area contributed by atoms with Crippen LogP contribution in [0.5, 0.6) is 0 Å². The Morgan fingerprint density at radius 2 is 1.88 bits per heavy atom. The first-order valence-electron chi connectivity index (χ1n) is 8.23. The Hall–Kier alpha value is -1.93. The molecule has 1 aliphatic carbocycles. The highest BCUT2D eigenvalue weighted by Gasteiger charge is 2.52. The van der Waals surface area contributed by atoms with Crippen LogP contribution in [0.1, 0.15) is 31.2 Å². The van der Waals surface area contributed by atoms with Gasteiger partial charge in [-0.25, -0.2) is 8.42 Å². The molecular weight excluding hydrogens is 346 g/mol. The van der Waals surface area contributed by atoms with E-state index in [2.05, 4.69) is 0 Å². The average Bonchev–Trinajstić information content (AvgIpc) is 3.43. The first-order valence-corrected chi connectivity index (χ1v) is 9.67. The largest absolute Gasteiger partial charge is 0.481 e. The van der Waals surface area contributed by atoms with E-state index in [1.165, 1.54) is 23.5 Å². The van der Waals surface area contributed by atoms with Crippen molar-refractivity contribution in [2.75, 3.05) is 20.2 Å². The molecule has 1 heterocycles. The lowest BCUT2D eigenvalue weighted by atomic mass is 9.96. The summed E-state index contributed by atoms with van der Waals surface area (Å²) in [6.07, 6.45) is 2.40. The van der Waals surface area contributed by atoms with Crippen molar-refractivity contribution < 1.29 is 27.9 Å². The molecule has 0 bridgehead atoms. The first kappa shape index (κ1) is 17.9. The summed E-state index contributed by atoms with van der Waals surface area (Å²) in [6, 6.07) is 6.26. The van der Waals surface area contributed by atoms with Gasteiger partial charge in [-0.2, -0.15) is 4.31 Å². The smallest absolute Gasteiger partial charge is 0.316 e. The number of hydrogen-bond donors (Lipinski definition) is 1. The zero-order valence-corrected chi connectivity index (χ0v) is 14.8. The second-order valence-corrected chi connectivity index (χ2v) is 8.58. The second-order valence-electron chi connectivity index (χ2n) is 6.64. The van der Waals surface area contributed by atoms with Gasteiger partial charge in [0.2, 0.25) is 10.0 Å². The van der Waals surface area contributed by atoms with Crippen molar-refractivity contribution in [3.8, 4) is 0 Å². The Labute approximate surface area is 146 Å². The summed E-state index contributed by atoms with van der Waals surface area (Å²) in [4.78, 5) is 23.2. The summed E-state index contributed by atoms with van der Waals surface area (Å²) in [5.41, 5.74) is 0.108. The summed E-state index contributed by atoms with van der Waals surface area (Å²) in [7, 11) is -2.40. The van der Waals surface area contributed by atoms with Crippen LogP contribution >= 0.6 is 0 Å². The van der Waals surface area contributed by atoms with Crippen LogP contribution in [0.4, 0.5) is 0 Å². The number of hydrogen-bond acceptors (Lipinski definition) is 5. The molecule has 1 aromatic carbocycles. The van der Waals surface area contributed by atoms with Crippen molar-refractivity contribution in [2.24, 2.45) is 5.92 Å². The van der Waals surface area contributed by atoms with Crippen molar-refractivity contribution in [3.05, 3.63) is 29.8 Å². The zero-order valence-electron chi connectivity index (χ0n) is 14.0. The van der Waals surface area contributed by atoms with E-state index < -0.39 is 27.3 Å². The van der Waals surface area contributed by atoms with Crippen LogP contribution in [0.15, 0.2) is 29.2 Å². The van der Waals surface area contributed by atoms with Crippen LogP contribution in [0.25, 0.3) is 0 Å². The van der Waals surface area contributed by atoms with Gasteiger partial charge < -0.3 is 9.84 Å². The summed E-state index contributed by atoms with van der Waals surface area (Å²) in [6.45, 7) is 0.311. The quantitative estimate of drug-likeness (QED) is 0.789. The van der Waals surface area contributed by atoms with Crippen molar-refractivity contribution >= 4 is 22.0 Å². The Morgan fingerprint density at radius 1 is 1.24 bits per heavy atom. The van der Waals surface area contributed by atoms with E-state index in [0.29, 0.717) is 32.2 Å². The maximum Gasteiger partial charge on any atom is 0.316 e. The molecule has 0 aromatic heterocycles. The molecule has 0 amide bonds. The van der Waals surface area contributed by atoms with Crippen LogP contribution in [0.3, 0.4) is 0 Å². The summed E-state index contributed by atoms with van der Waals surface area (Å²) in [5.74, 6) is -1.94. The summed E-state index contributed by atoms with van der Waals surface area (Å²) >= 11 is 0. The Morgan fingerprint density at radius 3 is 2.40 bits per heavy atom. The van der Waals surface area contributed by atoms with Gasteiger partial charge in [-0.05, 0) is 43.4 Å². The minimum absolute atomic E-state index is 0.00842. The molecule has 1 atom stereocenters. The van der Waals surface area contributed by atoms with Crippen LogP contribution in [0.2, 0.25) is 0 Å². The van der Waals surface area contributed by atoms with Gasteiger partial charge in [0.15, 0.2) is 0 Å². The number of benzene rings is 1. The number of sulfonamides is 1. The number of aliphatic carboxylic acids is 1. The molecule has 0 radical (unpaired) electrons. The number of nitrogens with zero attached hydrogens (tertiary/aromatic N) is 1. The highest BCUT2D eigenvalue weighted by atomic mass is 32.2. The lowest BCUT2D eigenvalue weighted by Gasteiger charge is -2.29. The predicted molar refractivity (Wildman–Crippen MR) is 88.5 cm³/mol. The maximum atomic E-state index is 12.8. The van der Waals surface area contributed by atoms with E-state index in [4.69, 9.17) is 9.84 Å². The van der Waals surface area contributed by atoms with E-state index in [1.54, 1.807) is 12.1 Å². The first-order chi connectivity index (χ1) is 11.8. The number of rotatable bonds is 5. The van der Waals surface area contributed by atoms with Gasteiger partial charge in [0.25, 0.3) is 0 Å². The number of carboxylic acid groups (broad SMARTS) is 1. The van der Waals surface area contributed by atoms with Crippen molar-refractivity contribution in [3.63, 3.8) is 0 Å². The highest BCUT2D eigenvalue weighted by molar-refractivity contribution is 7.89. The molecule has 136 valence electrons. The van der Waals surface area contributed by atoms with E-state index in [9.17, 15) is 18.0 Å². The van der Waals surface area contributed by atoms with Crippen molar-refractivity contribution in [1.29, 1.82) is 0 Å². The van der Waals surface area contributed by atoms with E-state index in [1.807, 2.05) is 0 Å². The minimum atomic E-state index is -3.74. The molecule has 25 heavy (non-hydrogen) atoms.